The highest BCUT2D eigenvalue weighted by Crippen LogP contribution is 2.43. The smallest absolute Gasteiger partial charge is 0.422 e. The van der Waals surface area contributed by atoms with Crippen LogP contribution in [0.2, 0.25) is 0 Å². The Morgan fingerprint density at radius 2 is 1.71 bits per heavy atom. The highest BCUT2D eigenvalue weighted by Gasteiger charge is 2.56. The number of methoxy groups -OCH3 is 1. The number of aryl methyl sites for hydroxylation is 1. The van der Waals surface area contributed by atoms with E-state index in [1.54, 1.807) is 13.8 Å². The van der Waals surface area contributed by atoms with Crippen molar-refractivity contribution in [3.05, 3.63) is 76.7 Å². The summed E-state index contributed by atoms with van der Waals surface area (Å²) in [5.74, 6) is -2.29. The summed E-state index contributed by atoms with van der Waals surface area (Å²) < 4.78 is 89.9. The lowest BCUT2D eigenvalue weighted by atomic mass is 9.86. The van der Waals surface area contributed by atoms with Crippen LogP contribution in [0.5, 0.6) is 11.5 Å². The summed E-state index contributed by atoms with van der Waals surface area (Å²) in [6.45, 7) is 4.61. The minimum absolute atomic E-state index is 0.0259. The Morgan fingerprint density at radius 1 is 1.05 bits per heavy atom. The Kier molecular flexibility index (Phi) is 9.37. The fourth-order valence-corrected chi connectivity index (χ4v) is 4.32. The SMILES string of the molecule is COc1cc(C(=O)CCC(O)(c2cc(C(C)(C)N)cc(-c3ccc(F)c(C)c3)n2)C(F)(F)F)ccc1OCS(N)(=O)=O. The van der Waals surface area contributed by atoms with Crippen LogP contribution in [-0.4, -0.2) is 43.5 Å². The first-order valence-corrected chi connectivity index (χ1v) is 14.2. The van der Waals surface area contributed by atoms with Crippen LogP contribution in [0, 0.1) is 12.7 Å². The number of aliphatic hydroxyl groups is 1. The van der Waals surface area contributed by atoms with Gasteiger partial charge in [-0.1, -0.05) is 0 Å². The third-order valence-corrected chi connectivity index (χ3v) is 6.94. The number of halogens is 4. The molecular weight excluding hydrogens is 582 g/mol. The summed E-state index contributed by atoms with van der Waals surface area (Å²) in [7, 11) is -2.77. The molecule has 0 saturated carbocycles. The maximum Gasteiger partial charge on any atom is 0.422 e. The van der Waals surface area contributed by atoms with Crippen LogP contribution in [0.1, 0.15) is 53.9 Å². The van der Waals surface area contributed by atoms with Crippen molar-refractivity contribution in [3.8, 4) is 22.8 Å². The van der Waals surface area contributed by atoms with Gasteiger partial charge in [-0.05, 0) is 86.8 Å². The zero-order valence-electron chi connectivity index (χ0n) is 23.3. The molecule has 42 heavy (non-hydrogen) atoms. The molecule has 9 nitrogen and oxygen atoms in total. The predicted molar refractivity (Wildman–Crippen MR) is 147 cm³/mol. The van der Waals surface area contributed by atoms with Crippen LogP contribution in [0.15, 0.2) is 48.5 Å². The van der Waals surface area contributed by atoms with E-state index in [1.807, 2.05) is 0 Å². The van der Waals surface area contributed by atoms with Crippen molar-refractivity contribution < 1.29 is 45.4 Å². The van der Waals surface area contributed by atoms with Crippen molar-refractivity contribution in [2.24, 2.45) is 10.9 Å². The van der Waals surface area contributed by atoms with E-state index in [1.165, 1.54) is 44.4 Å². The van der Waals surface area contributed by atoms with Crippen LogP contribution in [0.25, 0.3) is 11.3 Å². The van der Waals surface area contributed by atoms with Crippen molar-refractivity contribution in [2.45, 2.75) is 50.9 Å². The molecule has 0 aliphatic heterocycles. The second-order valence-corrected chi connectivity index (χ2v) is 11.9. The highest BCUT2D eigenvalue weighted by atomic mass is 32.2. The first-order chi connectivity index (χ1) is 19.2. The number of rotatable bonds is 11. The van der Waals surface area contributed by atoms with Crippen LogP contribution in [0.3, 0.4) is 0 Å². The van der Waals surface area contributed by atoms with E-state index < -0.39 is 63.4 Å². The number of ether oxygens (including phenoxy) is 2. The van der Waals surface area contributed by atoms with Gasteiger partial charge in [-0.25, -0.2) is 22.9 Å². The lowest BCUT2D eigenvalue weighted by Gasteiger charge is -2.32. The zero-order valence-corrected chi connectivity index (χ0v) is 24.1. The quantitative estimate of drug-likeness (QED) is 0.212. The summed E-state index contributed by atoms with van der Waals surface area (Å²) in [6.07, 6.45) is -7.11. The van der Waals surface area contributed by atoms with Crippen molar-refractivity contribution in [3.63, 3.8) is 0 Å². The van der Waals surface area contributed by atoms with E-state index in [0.29, 0.717) is 5.56 Å². The number of nitrogens with zero attached hydrogens (tertiary/aromatic N) is 1. The number of carbonyl (C=O) groups excluding carboxylic acids is 1. The number of primary sulfonamides is 1. The molecule has 3 rings (SSSR count). The normalized spacial score (nSPS) is 13.9. The Balaban J connectivity index is 2.00. The van der Waals surface area contributed by atoms with E-state index in [0.717, 1.165) is 18.2 Å². The number of hydrogen-bond acceptors (Lipinski definition) is 8. The molecule has 0 amide bonds. The third kappa shape index (κ3) is 7.62. The van der Waals surface area contributed by atoms with E-state index in [4.69, 9.17) is 20.3 Å². The van der Waals surface area contributed by atoms with Crippen molar-refractivity contribution in [2.75, 3.05) is 13.0 Å². The van der Waals surface area contributed by atoms with Gasteiger partial charge >= 0.3 is 6.18 Å². The number of carbonyl (C=O) groups is 1. The molecule has 0 fully saturated rings. The third-order valence-electron chi connectivity index (χ3n) is 6.49. The average molecular weight is 614 g/mol. The Labute approximate surface area is 240 Å². The number of ketones is 1. The molecule has 14 heteroatoms. The molecule has 0 bridgehead atoms. The summed E-state index contributed by atoms with van der Waals surface area (Å²) in [5, 5.41) is 16.0. The Hall–Kier alpha value is -3.59. The van der Waals surface area contributed by atoms with Crippen LogP contribution >= 0.6 is 0 Å². The van der Waals surface area contributed by atoms with Crippen LogP contribution in [0.4, 0.5) is 17.6 Å². The maximum atomic E-state index is 14.5. The molecule has 0 radical (unpaired) electrons. The summed E-state index contributed by atoms with van der Waals surface area (Å²) >= 11 is 0. The molecule has 3 aromatic rings. The van der Waals surface area contributed by atoms with Gasteiger partial charge in [-0.3, -0.25) is 4.79 Å². The van der Waals surface area contributed by atoms with Crippen molar-refractivity contribution in [1.29, 1.82) is 0 Å². The fraction of sp³-hybridized carbons (Fsp3) is 0.357. The minimum Gasteiger partial charge on any atom is -0.493 e. The summed E-state index contributed by atoms with van der Waals surface area (Å²) in [6, 6.07) is 10.00. The molecular formula is C28H31F4N3O6S. The standard InChI is InChI=1S/C28H31F4N3O6S/c1-16-11-17(5-7-20(16)29)21-13-19(26(2,3)33)14-25(35-21)27(37,28(30,31)32)10-9-22(36)18-6-8-23(24(12-18)40-4)41-15-42(34,38)39/h5-8,11-14,37H,9-10,15,33H2,1-4H3,(H2,34,38,39). The first kappa shape index (κ1) is 32.9. The number of nitrogens with two attached hydrogens (primary N) is 2. The van der Waals surface area contributed by atoms with Gasteiger partial charge < -0.3 is 20.3 Å². The number of benzene rings is 2. The number of aromatic nitrogens is 1. The molecule has 1 unspecified atom stereocenters. The zero-order chi connectivity index (χ0) is 31.7. The van der Waals surface area contributed by atoms with Gasteiger partial charge in [0.1, 0.15) is 5.82 Å². The van der Waals surface area contributed by atoms with Crippen LogP contribution in [-0.2, 0) is 21.2 Å². The molecule has 1 atom stereocenters. The fourth-order valence-electron chi connectivity index (χ4n) is 4.03. The number of alkyl halides is 3. The van der Waals surface area contributed by atoms with Gasteiger partial charge in [0.15, 0.2) is 17.3 Å². The number of hydrogen-bond donors (Lipinski definition) is 3. The molecule has 1 aromatic heterocycles. The number of sulfonamides is 1. The molecule has 5 N–H and O–H groups in total. The first-order valence-electron chi connectivity index (χ1n) is 12.5. The average Bonchev–Trinajstić information content (AvgIpc) is 2.89. The highest BCUT2D eigenvalue weighted by molar-refractivity contribution is 7.88. The molecule has 0 spiro atoms. The van der Waals surface area contributed by atoms with E-state index in [2.05, 4.69) is 4.98 Å². The van der Waals surface area contributed by atoms with Crippen LogP contribution < -0.4 is 20.3 Å². The van der Waals surface area contributed by atoms with E-state index >= 15 is 0 Å². The summed E-state index contributed by atoms with van der Waals surface area (Å²) in [5.41, 5.74) is 1.42. The van der Waals surface area contributed by atoms with Gasteiger partial charge in [0.2, 0.25) is 21.6 Å². The molecule has 0 aliphatic carbocycles. The second kappa shape index (κ2) is 12.0. The maximum absolute atomic E-state index is 14.5. The number of pyridine rings is 1. The van der Waals surface area contributed by atoms with E-state index in [9.17, 15) is 35.9 Å². The molecule has 1 heterocycles. The topological polar surface area (TPSA) is 155 Å². The lowest BCUT2D eigenvalue weighted by Crippen LogP contribution is -2.44. The number of Topliss-reactive ketones (excluding diaryl/α,β-unsaturated/α-hetero) is 1. The minimum atomic E-state index is -5.25. The predicted octanol–water partition coefficient (Wildman–Crippen LogP) is 4.44. The Morgan fingerprint density at radius 3 is 2.26 bits per heavy atom. The van der Waals surface area contributed by atoms with Crippen molar-refractivity contribution >= 4 is 15.8 Å². The molecule has 0 aliphatic rings. The van der Waals surface area contributed by atoms with Crippen molar-refractivity contribution in [1.82, 2.24) is 4.98 Å². The van der Waals surface area contributed by atoms with Gasteiger partial charge in [0.05, 0.1) is 18.5 Å². The van der Waals surface area contributed by atoms with Gasteiger partial charge in [0.25, 0.3) is 0 Å². The van der Waals surface area contributed by atoms with E-state index in [-0.39, 0.29) is 33.9 Å². The van der Waals surface area contributed by atoms with Gasteiger partial charge in [-0.15, -0.1) is 0 Å². The van der Waals surface area contributed by atoms with Gasteiger partial charge in [0, 0.05) is 23.1 Å². The Bertz CT molecular complexity index is 1590. The molecule has 2 aromatic carbocycles. The molecule has 0 saturated heterocycles. The molecule has 228 valence electrons. The lowest BCUT2D eigenvalue weighted by molar-refractivity contribution is -0.270. The second-order valence-electron chi connectivity index (χ2n) is 10.4. The largest absolute Gasteiger partial charge is 0.493 e. The monoisotopic (exact) mass is 613 g/mol. The van der Waals surface area contributed by atoms with Gasteiger partial charge in [-0.2, -0.15) is 13.2 Å². The summed E-state index contributed by atoms with van der Waals surface area (Å²) in [4.78, 5) is 17.1.